The molecule has 1 amide bonds. The van der Waals surface area contributed by atoms with Gasteiger partial charge in [-0.15, -0.1) is 0 Å². The molecule has 1 aliphatic heterocycles. The smallest absolute Gasteiger partial charge is 0.257 e. The third-order valence-corrected chi connectivity index (χ3v) is 4.50. The van der Waals surface area contributed by atoms with Crippen LogP contribution >= 0.6 is 0 Å². The number of pyridine rings is 1. The Morgan fingerprint density at radius 2 is 1.68 bits per heavy atom. The Morgan fingerprint density at radius 1 is 0.929 bits per heavy atom. The fourth-order valence-corrected chi connectivity index (χ4v) is 2.93. The topological polar surface area (TPSA) is 72.5 Å². The second-order valence-electron chi connectivity index (χ2n) is 6.89. The summed E-state index contributed by atoms with van der Waals surface area (Å²) in [5.41, 5.74) is 4.06. The Bertz CT molecular complexity index is 1000. The molecule has 3 aromatic rings. The summed E-state index contributed by atoms with van der Waals surface area (Å²) in [6.45, 7) is 4.52. The van der Waals surface area contributed by atoms with Gasteiger partial charge in [0.1, 0.15) is 0 Å². The fraction of sp³-hybridized carbons (Fsp3) is 0.182. The maximum absolute atomic E-state index is 12.6. The normalized spacial score (nSPS) is 12.1. The van der Waals surface area contributed by atoms with Crippen molar-refractivity contribution in [1.82, 2.24) is 4.98 Å². The highest BCUT2D eigenvalue weighted by atomic mass is 16.7. The van der Waals surface area contributed by atoms with Gasteiger partial charge >= 0.3 is 0 Å². The zero-order valence-electron chi connectivity index (χ0n) is 15.7. The number of anilines is 3. The molecule has 0 fully saturated rings. The minimum atomic E-state index is -0.245. The molecule has 0 radical (unpaired) electrons. The quantitative estimate of drug-likeness (QED) is 0.661. The molecule has 0 spiro atoms. The summed E-state index contributed by atoms with van der Waals surface area (Å²) >= 11 is 0. The summed E-state index contributed by atoms with van der Waals surface area (Å²) in [6.07, 6.45) is 3.23. The molecule has 6 heteroatoms. The molecule has 2 heterocycles. The van der Waals surface area contributed by atoms with Gasteiger partial charge in [-0.25, -0.2) is 0 Å². The van der Waals surface area contributed by atoms with Gasteiger partial charge in [0, 0.05) is 23.6 Å². The number of nitrogens with one attached hydrogen (secondary N) is 2. The number of carbonyl (C=O) groups is 1. The van der Waals surface area contributed by atoms with Crippen molar-refractivity contribution in [2.24, 2.45) is 0 Å². The zero-order valence-corrected chi connectivity index (χ0v) is 15.7. The number of ether oxygens (including phenoxy) is 2. The van der Waals surface area contributed by atoms with E-state index in [1.54, 1.807) is 30.5 Å². The number of rotatable bonds is 5. The third-order valence-electron chi connectivity index (χ3n) is 4.50. The van der Waals surface area contributed by atoms with Gasteiger partial charge in [-0.1, -0.05) is 26.0 Å². The van der Waals surface area contributed by atoms with Crippen LogP contribution in [0.25, 0.3) is 0 Å². The van der Waals surface area contributed by atoms with E-state index in [2.05, 4.69) is 41.6 Å². The van der Waals surface area contributed by atoms with Crippen molar-refractivity contribution in [1.29, 1.82) is 0 Å². The van der Waals surface area contributed by atoms with Gasteiger partial charge in [-0.05, 0) is 41.8 Å². The lowest BCUT2D eigenvalue weighted by Gasteiger charge is -2.10. The highest BCUT2D eigenvalue weighted by Gasteiger charge is 2.15. The molecule has 2 N–H and O–H groups in total. The lowest BCUT2D eigenvalue weighted by molar-refractivity contribution is 0.102. The molecule has 0 saturated heterocycles. The van der Waals surface area contributed by atoms with E-state index in [4.69, 9.17) is 9.47 Å². The number of hydrogen-bond donors (Lipinski definition) is 2. The molecule has 142 valence electrons. The van der Waals surface area contributed by atoms with Crippen molar-refractivity contribution in [3.8, 4) is 11.5 Å². The average Bonchev–Trinajstić information content (AvgIpc) is 3.16. The Hall–Kier alpha value is -3.54. The molecular formula is C22H21N3O3. The number of aromatic nitrogens is 1. The second-order valence-corrected chi connectivity index (χ2v) is 6.89. The molecule has 1 aromatic heterocycles. The predicted octanol–water partition coefficient (Wildman–Crippen LogP) is 4.93. The van der Waals surface area contributed by atoms with E-state index >= 15 is 0 Å². The van der Waals surface area contributed by atoms with Gasteiger partial charge < -0.3 is 20.1 Å². The van der Waals surface area contributed by atoms with Gasteiger partial charge in [0.15, 0.2) is 11.5 Å². The van der Waals surface area contributed by atoms with Crippen molar-refractivity contribution < 1.29 is 14.3 Å². The van der Waals surface area contributed by atoms with Crippen LogP contribution in [0.4, 0.5) is 17.1 Å². The molecule has 1 aliphatic rings. The maximum Gasteiger partial charge on any atom is 0.257 e. The zero-order chi connectivity index (χ0) is 19.5. The summed E-state index contributed by atoms with van der Waals surface area (Å²) in [5.74, 6) is 1.54. The molecule has 6 nitrogen and oxygen atoms in total. The lowest BCUT2D eigenvalue weighted by atomic mass is 10.0. The number of fused-ring (bicyclic) bond motifs is 1. The summed E-state index contributed by atoms with van der Waals surface area (Å²) < 4.78 is 10.6. The standard InChI is InChI=1S/C22H21N3O3/c1-14(2)15-3-5-17(6-4-15)24-19-9-16(11-23-12-19)22(26)25-18-7-8-20-21(10-18)28-13-27-20/h3-12,14,24H,13H2,1-2H3,(H,25,26). The van der Waals surface area contributed by atoms with E-state index in [0.29, 0.717) is 28.7 Å². The number of carbonyl (C=O) groups excluding carboxylic acids is 1. The first-order valence-corrected chi connectivity index (χ1v) is 9.11. The van der Waals surface area contributed by atoms with E-state index in [1.165, 1.54) is 11.8 Å². The molecule has 0 atom stereocenters. The minimum Gasteiger partial charge on any atom is -0.454 e. The molecule has 28 heavy (non-hydrogen) atoms. The van der Waals surface area contributed by atoms with Crippen molar-refractivity contribution in [3.63, 3.8) is 0 Å². The third kappa shape index (κ3) is 3.91. The molecule has 0 saturated carbocycles. The summed E-state index contributed by atoms with van der Waals surface area (Å²) in [5, 5.41) is 6.14. The highest BCUT2D eigenvalue weighted by molar-refractivity contribution is 6.04. The van der Waals surface area contributed by atoms with Crippen LogP contribution in [-0.4, -0.2) is 17.7 Å². The van der Waals surface area contributed by atoms with Crippen LogP contribution < -0.4 is 20.1 Å². The van der Waals surface area contributed by atoms with Crippen LogP contribution in [0.15, 0.2) is 60.9 Å². The monoisotopic (exact) mass is 375 g/mol. The Balaban J connectivity index is 1.46. The van der Waals surface area contributed by atoms with E-state index in [1.807, 2.05) is 12.1 Å². The fourth-order valence-electron chi connectivity index (χ4n) is 2.93. The summed E-state index contributed by atoms with van der Waals surface area (Å²) in [7, 11) is 0. The SMILES string of the molecule is CC(C)c1ccc(Nc2cncc(C(=O)Nc3ccc4c(c3)OCO4)c2)cc1. The summed E-state index contributed by atoms with van der Waals surface area (Å²) in [4.78, 5) is 16.8. The van der Waals surface area contributed by atoms with Crippen molar-refractivity contribution in [2.75, 3.05) is 17.4 Å². The number of benzene rings is 2. The van der Waals surface area contributed by atoms with E-state index in [9.17, 15) is 4.79 Å². The Kier molecular flexibility index (Phi) is 4.85. The van der Waals surface area contributed by atoms with Gasteiger partial charge in [-0.3, -0.25) is 9.78 Å². The number of amides is 1. The predicted molar refractivity (Wildman–Crippen MR) is 109 cm³/mol. The first-order valence-electron chi connectivity index (χ1n) is 9.11. The average molecular weight is 375 g/mol. The van der Waals surface area contributed by atoms with Gasteiger partial charge in [-0.2, -0.15) is 0 Å². The molecule has 2 aromatic carbocycles. The van der Waals surface area contributed by atoms with Gasteiger partial charge in [0.25, 0.3) is 5.91 Å². The molecule has 0 aliphatic carbocycles. The molecule has 4 rings (SSSR count). The largest absolute Gasteiger partial charge is 0.454 e. The van der Waals surface area contributed by atoms with Crippen LogP contribution in [0.2, 0.25) is 0 Å². The highest BCUT2D eigenvalue weighted by Crippen LogP contribution is 2.34. The van der Waals surface area contributed by atoms with Crippen molar-refractivity contribution in [2.45, 2.75) is 19.8 Å². The van der Waals surface area contributed by atoms with Crippen molar-refractivity contribution in [3.05, 3.63) is 72.1 Å². The maximum atomic E-state index is 12.6. The van der Waals surface area contributed by atoms with Crippen LogP contribution in [-0.2, 0) is 0 Å². The molecule has 0 bridgehead atoms. The lowest BCUT2D eigenvalue weighted by Crippen LogP contribution is -2.12. The minimum absolute atomic E-state index is 0.197. The number of nitrogens with zero attached hydrogens (tertiary/aromatic N) is 1. The van der Waals surface area contributed by atoms with Crippen molar-refractivity contribution >= 4 is 23.0 Å². The van der Waals surface area contributed by atoms with Gasteiger partial charge in [0.2, 0.25) is 6.79 Å². The first kappa shape index (κ1) is 17.9. The van der Waals surface area contributed by atoms with E-state index in [-0.39, 0.29) is 12.7 Å². The van der Waals surface area contributed by atoms with E-state index < -0.39 is 0 Å². The van der Waals surface area contributed by atoms with Crippen LogP contribution in [0.3, 0.4) is 0 Å². The van der Waals surface area contributed by atoms with Crippen LogP contribution in [0, 0.1) is 0 Å². The Morgan fingerprint density at radius 3 is 2.46 bits per heavy atom. The van der Waals surface area contributed by atoms with E-state index in [0.717, 1.165) is 11.4 Å². The first-order chi connectivity index (χ1) is 13.6. The number of hydrogen-bond acceptors (Lipinski definition) is 5. The summed E-state index contributed by atoms with van der Waals surface area (Å²) in [6, 6.07) is 15.3. The second kappa shape index (κ2) is 7.60. The molecule has 0 unspecified atom stereocenters. The Labute approximate surface area is 163 Å². The molecular weight excluding hydrogens is 354 g/mol. The van der Waals surface area contributed by atoms with Crippen LogP contribution in [0.5, 0.6) is 11.5 Å². The van der Waals surface area contributed by atoms with Gasteiger partial charge in [0.05, 0.1) is 17.4 Å². The van der Waals surface area contributed by atoms with Crippen LogP contribution in [0.1, 0.15) is 35.7 Å².